The third-order valence-electron chi connectivity index (χ3n) is 6.14. The summed E-state index contributed by atoms with van der Waals surface area (Å²) < 4.78 is 21.9. The van der Waals surface area contributed by atoms with Crippen molar-refractivity contribution in [3.63, 3.8) is 0 Å². The molecule has 6 heteroatoms. The molecule has 1 atom stereocenters. The first-order valence-electron chi connectivity index (χ1n) is 10.8. The van der Waals surface area contributed by atoms with Crippen molar-refractivity contribution in [2.45, 2.75) is 38.8 Å². The lowest BCUT2D eigenvalue weighted by atomic mass is 10.1. The number of aryl methyl sites for hydroxylation is 1. The van der Waals surface area contributed by atoms with E-state index in [1.54, 1.807) is 12.1 Å². The number of carbonyl (C=O) groups is 1. The Labute approximate surface area is 182 Å². The van der Waals surface area contributed by atoms with Crippen LogP contribution in [0.25, 0.3) is 10.9 Å². The van der Waals surface area contributed by atoms with Crippen LogP contribution in [0.15, 0.2) is 42.5 Å². The number of aromatic nitrogens is 1. The van der Waals surface area contributed by atoms with Crippen LogP contribution >= 0.6 is 0 Å². The number of fused-ring (bicyclic) bond motifs is 3. The van der Waals surface area contributed by atoms with Crippen LogP contribution in [0.3, 0.4) is 0 Å². The Kier molecular flexibility index (Phi) is 6.39. The molecule has 0 spiro atoms. The minimum atomic E-state index is -0.892. The van der Waals surface area contributed by atoms with Gasteiger partial charge in [0.05, 0.1) is 19.6 Å². The van der Waals surface area contributed by atoms with Gasteiger partial charge in [-0.2, -0.15) is 0 Å². The normalized spacial score (nSPS) is 15.6. The minimum absolute atomic E-state index is 0.0633. The molecule has 1 unspecified atom stereocenters. The van der Waals surface area contributed by atoms with E-state index < -0.39 is 5.97 Å². The van der Waals surface area contributed by atoms with E-state index in [9.17, 15) is 9.18 Å². The van der Waals surface area contributed by atoms with Crippen LogP contribution in [-0.4, -0.2) is 47.3 Å². The zero-order valence-corrected chi connectivity index (χ0v) is 18.1. The van der Waals surface area contributed by atoms with E-state index in [0.717, 1.165) is 31.5 Å². The highest BCUT2D eigenvalue weighted by atomic mass is 19.1. The zero-order valence-electron chi connectivity index (χ0n) is 18.1. The van der Waals surface area contributed by atoms with Crippen molar-refractivity contribution < 1.29 is 19.0 Å². The van der Waals surface area contributed by atoms with Crippen LogP contribution in [-0.2, 0) is 28.9 Å². The Bertz CT molecular complexity index is 1070. The molecule has 31 heavy (non-hydrogen) atoms. The summed E-state index contributed by atoms with van der Waals surface area (Å²) >= 11 is 0. The molecular formula is C25H29FN2O3. The van der Waals surface area contributed by atoms with E-state index in [0.29, 0.717) is 6.54 Å². The first kappa shape index (κ1) is 21.5. The predicted octanol–water partition coefficient (Wildman–Crippen LogP) is 4.35. The third kappa shape index (κ3) is 4.81. The molecule has 0 amide bonds. The SMILES string of the molecule is Cc1ccc2c(c1)c1c(n2CC(OCCC(=O)O)c2ccc(F)cc2)CCN(C)CC1. The molecule has 3 aromatic rings. The number of halogens is 1. The second-order valence-electron chi connectivity index (χ2n) is 8.41. The number of ether oxygens (including phenoxy) is 1. The largest absolute Gasteiger partial charge is 0.481 e. The second-order valence-corrected chi connectivity index (χ2v) is 8.41. The summed E-state index contributed by atoms with van der Waals surface area (Å²) in [5, 5.41) is 10.3. The molecule has 1 aliphatic heterocycles. The highest BCUT2D eigenvalue weighted by molar-refractivity contribution is 5.86. The Morgan fingerprint density at radius 1 is 1.16 bits per heavy atom. The van der Waals surface area contributed by atoms with E-state index in [1.807, 2.05) is 0 Å². The number of carboxylic acid groups (broad SMARTS) is 1. The number of hydrogen-bond donors (Lipinski definition) is 1. The van der Waals surface area contributed by atoms with Gasteiger partial charge in [-0.05, 0) is 55.8 Å². The zero-order chi connectivity index (χ0) is 22.0. The van der Waals surface area contributed by atoms with Gasteiger partial charge in [-0.25, -0.2) is 4.39 Å². The predicted molar refractivity (Wildman–Crippen MR) is 119 cm³/mol. The summed E-state index contributed by atoms with van der Waals surface area (Å²) in [5.41, 5.74) is 5.97. The number of likely N-dealkylation sites (N-methyl/N-ethyl adjacent to an activating group) is 1. The number of carboxylic acids is 1. The van der Waals surface area contributed by atoms with Crippen LogP contribution in [0, 0.1) is 12.7 Å². The Morgan fingerprint density at radius 3 is 2.65 bits per heavy atom. The number of hydrogen-bond acceptors (Lipinski definition) is 3. The number of benzene rings is 2. The molecule has 2 heterocycles. The molecule has 4 rings (SSSR count). The van der Waals surface area contributed by atoms with Crippen molar-refractivity contribution in [2.24, 2.45) is 0 Å². The lowest BCUT2D eigenvalue weighted by Crippen LogP contribution is -2.22. The van der Waals surface area contributed by atoms with Gasteiger partial charge in [-0.3, -0.25) is 4.79 Å². The van der Waals surface area contributed by atoms with Crippen molar-refractivity contribution in [2.75, 3.05) is 26.7 Å². The number of rotatable bonds is 7. The van der Waals surface area contributed by atoms with Gasteiger partial charge in [0.25, 0.3) is 0 Å². The summed E-state index contributed by atoms with van der Waals surface area (Å²) in [7, 11) is 2.15. The maximum absolute atomic E-state index is 13.5. The molecular weight excluding hydrogens is 395 g/mol. The van der Waals surface area contributed by atoms with E-state index in [4.69, 9.17) is 9.84 Å². The van der Waals surface area contributed by atoms with Crippen LogP contribution < -0.4 is 0 Å². The maximum Gasteiger partial charge on any atom is 0.305 e. The third-order valence-corrected chi connectivity index (χ3v) is 6.14. The first-order valence-corrected chi connectivity index (χ1v) is 10.8. The second kappa shape index (κ2) is 9.20. The monoisotopic (exact) mass is 424 g/mol. The average Bonchev–Trinajstić information content (AvgIpc) is 2.87. The maximum atomic E-state index is 13.5. The van der Waals surface area contributed by atoms with Crippen LogP contribution in [0.2, 0.25) is 0 Å². The van der Waals surface area contributed by atoms with Crippen LogP contribution in [0.1, 0.15) is 34.9 Å². The van der Waals surface area contributed by atoms with Gasteiger partial charge in [0.2, 0.25) is 0 Å². The van der Waals surface area contributed by atoms with Crippen molar-refractivity contribution in [3.05, 3.63) is 70.7 Å². The van der Waals surface area contributed by atoms with Gasteiger partial charge in [0.1, 0.15) is 11.9 Å². The van der Waals surface area contributed by atoms with Crippen LogP contribution in [0.5, 0.6) is 0 Å². The van der Waals surface area contributed by atoms with E-state index in [-0.39, 0.29) is 24.9 Å². The van der Waals surface area contributed by atoms with E-state index in [1.165, 1.54) is 39.9 Å². The van der Waals surface area contributed by atoms with Gasteiger partial charge in [0, 0.05) is 36.1 Å². The van der Waals surface area contributed by atoms with Crippen LogP contribution in [0.4, 0.5) is 4.39 Å². The van der Waals surface area contributed by atoms with Crippen molar-refractivity contribution in [3.8, 4) is 0 Å². The minimum Gasteiger partial charge on any atom is -0.481 e. The highest BCUT2D eigenvalue weighted by Crippen LogP contribution is 2.32. The smallest absolute Gasteiger partial charge is 0.305 e. The molecule has 0 aliphatic carbocycles. The molecule has 164 valence electrons. The van der Waals surface area contributed by atoms with Gasteiger partial charge in [0.15, 0.2) is 0 Å². The lowest BCUT2D eigenvalue weighted by Gasteiger charge is -2.22. The van der Waals surface area contributed by atoms with Gasteiger partial charge < -0.3 is 19.3 Å². The average molecular weight is 425 g/mol. The first-order chi connectivity index (χ1) is 14.9. The lowest BCUT2D eigenvalue weighted by molar-refractivity contribution is -0.138. The summed E-state index contributed by atoms with van der Waals surface area (Å²) in [6.45, 7) is 4.80. The highest BCUT2D eigenvalue weighted by Gasteiger charge is 2.23. The Balaban J connectivity index is 1.74. The number of aliphatic carboxylic acids is 1. The summed E-state index contributed by atoms with van der Waals surface area (Å²) in [6, 6.07) is 12.9. The standard InChI is InChI=1S/C25H29FN2O3/c1-17-3-8-22-21(15-17)20-9-12-27(2)13-10-23(20)28(22)16-24(31-14-11-25(29)30)18-4-6-19(26)7-5-18/h3-8,15,24H,9-14,16H2,1-2H3,(H,29,30). The molecule has 0 fully saturated rings. The fourth-order valence-electron chi connectivity index (χ4n) is 4.46. The molecule has 0 saturated heterocycles. The molecule has 1 aliphatic rings. The Morgan fingerprint density at radius 2 is 1.90 bits per heavy atom. The van der Waals surface area contributed by atoms with Crippen molar-refractivity contribution in [1.82, 2.24) is 9.47 Å². The molecule has 1 N–H and O–H groups in total. The van der Waals surface area contributed by atoms with Gasteiger partial charge in [-0.15, -0.1) is 0 Å². The molecule has 0 radical (unpaired) electrons. The summed E-state index contributed by atoms with van der Waals surface area (Å²) in [6.07, 6.45) is 1.53. The molecule has 1 aromatic heterocycles. The van der Waals surface area contributed by atoms with E-state index >= 15 is 0 Å². The summed E-state index contributed by atoms with van der Waals surface area (Å²) in [4.78, 5) is 13.4. The Hall–Kier alpha value is -2.70. The molecule has 2 aromatic carbocycles. The van der Waals surface area contributed by atoms with E-state index in [2.05, 4.69) is 41.6 Å². The fourth-order valence-corrected chi connectivity index (χ4v) is 4.46. The van der Waals surface area contributed by atoms with Gasteiger partial charge in [-0.1, -0.05) is 23.8 Å². The van der Waals surface area contributed by atoms with Crippen molar-refractivity contribution in [1.29, 1.82) is 0 Å². The molecule has 0 bridgehead atoms. The van der Waals surface area contributed by atoms with Crippen molar-refractivity contribution >= 4 is 16.9 Å². The quantitative estimate of drug-likeness (QED) is 0.613. The number of nitrogens with zero attached hydrogens (tertiary/aromatic N) is 2. The fraction of sp³-hybridized carbons (Fsp3) is 0.400. The summed E-state index contributed by atoms with van der Waals surface area (Å²) in [5.74, 6) is -1.19. The van der Waals surface area contributed by atoms with Gasteiger partial charge >= 0.3 is 5.97 Å². The topological polar surface area (TPSA) is 54.7 Å². The molecule has 0 saturated carbocycles. The molecule has 5 nitrogen and oxygen atoms in total.